The Hall–Kier alpha value is -1.07. The van der Waals surface area contributed by atoms with Crippen LogP contribution >= 0.6 is 0 Å². The summed E-state index contributed by atoms with van der Waals surface area (Å²) in [5.74, 6) is -0.754. The topological polar surface area (TPSA) is 86.8 Å². The molecule has 3 rings (SSSR count). The van der Waals surface area contributed by atoms with E-state index in [4.69, 9.17) is 0 Å². The van der Waals surface area contributed by atoms with Gasteiger partial charge in [0.15, 0.2) is 0 Å². The molecule has 1 aliphatic heterocycles. The van der Waals surface area contributed by atoms with Crippen LogP contribution in [0.3, 0.4) is 0 Å². The van der Waals surface area contributed by atoms with Crippen molar-refractivity contribution in [2.45, 2.75) is 49.5 Å². The molecule has 1 N–H and O–H groups in total. The van der Waals surface area contributed by atoms with Crippen molar-refractivity contribution in [3.63, 3.8) is 0 Å². The molecule has 1 aliphatic carbocycles. The largest absolute Gasteiger partial charge is 0.314 e. The van der Waals surface area contributed by atoms with Gasteiger partial charge in [-0.1, -0.05) is 25.7 Å². The fourth-order valence-corrected chi connectivity index (χ4v) is 7.27. The molecule has 0 atom stereocenters. The molecule has 1 saturated carbocycles. The normalized spacial score (nSPS) is 20.6. The minimum Gasteiger partial charge on any atom is -0.314 e. The number of sulfonamides is 2. The Bertz CT molecular complexity index is 861. The highest BCUT2D eigenvalue weighted by Crippen LogP contribution is 2.27. The highest BCUT2D eigenvalue weighted by Gasteiger charge is 2.34. The van der Waals surface area contributed by atoms with Crippen LogP contribution in [-0.4, -0.2) is 70.0 Å². The van der Waals surface area contributed by atoms with Crippen LogP contribution < -0.4 is 5.32 Å². The average Bonchev–Trinajstić information content (AvgIpc) is 2.98. The Morgan fingerprint density at radius 2 is 1.55 bits per heavy atom. The summed E-state index contributed by atoms with van der Waals surface area (Å²) in [7, 11) is -7.46. The molecule has 0 bridgehead atoms. The average molecular weight is 448 g/mol. The maximum Gasteiger partial charge on any atom is 0.243 e. The number of nitrogens with zero attached hydrogens (tertiary/aromatic N) is 2. The molecule has 1 saturated heterocycles. The molecule has 7 nitrogen and oxygen atoms in total. The number of halogens is 1. The van der Waals surface area contributed by atoms with Crippen LogP contribution in [0.25, 0.3) is 0 Å². The van der Waals surface area contributed by atoms with Crippen molar-refractivity contribution in [3.05, 3.63) is 30.1 Å². The zero-order valence-corrected chi connectivity index (χ0v) is 18.2. The van der Waals surface area contributed by atoms with Gasteiger partial charge in [0.2, 0.25) is 20.0 Å². The molecule has 10 heteroatoms. The summed E-state index contributed by atoms with van der Waals surface area (Å²) in [5.41, 5.74) is 0. The standard InChI is InChI=1S/C19H30FN3O4S2/c20-17-7-9-19(10-8-17)29(26,27)23(18-5-3-1-2-4-6-18)15-16-28(24,25)22-13-11-21-12-14-22/h7-10,18,21H,1-6,11-16H2. The van der Waals surface area contributed by atoms with Crippen molar-refractivity contribution in [2.75, 3.05) is 38.5 Å². The van der Waals surface area contributed by atoms with E-state index in [9.17, 15) is 21.2 Å². The highest BCUT2D eigenvalue weighted by molar-refractivity contribution is 7.90. The van der Waals surface area contributed by atoms with E-state index in [1.165, 1.54) is 20.7 Å². The van der Waals surface area contributed by atoms with Crippen LogP contribution in [0.2, 0.25) is 0 Å². The first-order valence-corrected chi connectivity index (χ1v) is 13.3. The monoisotopic (exact) mass is 447 g/mol. The van der Waals surface area contributed by atoms with E-state index in [1.807, 2.05) is 0 Å². The minimum absolute atomic E-state index is 0.00252. The predicted octanol–water partition coefficient (Wildman–Crippen LogP) is 1.77. The first kappa shape index (κ1) is 22.6. The first-order chi connectivity index (χ1) is 13.8. The molecule has 2 fully saturated rings. The van der Waals surface area contributed by atoms with Gasteiger partial charge in [-0.15, -0.1) is 0 Å². The summed E-state index contributed by atoms with van der Waals surface area (Å²) in [6.07, 6.45) is 5.39. The molecule has 1 aromatic carbocycles. The quantitative estimate of drug-likeness (QED) is 0.644. The van der Waals surface area contributed by atoms with E-state index in [0.717, 1.165) is 37.8 Å². The Balaban J connectivity index is 1.83. The van der Waals surface area contributed by atoms with Crippen molar-refractivity contribution in [1.82, 2.24) is 13.9 Å². The van der Waals surface area contributed by atoms with Gasteiger partial charge in [-0.2, -0.15) is 8.61 Å². The van der Waals surface area contributed by atoms with E-state index in [-0.39, 0.29) is 23.2 Å². The Labute approximate surface area is 173 Å². The molecule has 0 amide bonds. The molecule has 2 aliphatic rings. The van der Waals surface area contributed by atoms with E-state index >= 15 is 0 Å². The second-order valence-electron chi connectivity index (χ2n) is 7.68. The third kappa shape index (κ3) is 5.75. The van der Waals surface area contributed by atoms with E-state index in [2.05, 4.69) is 5.32 Å². The number of piperazine rings is 1. The lowest BCUT2D eigenvalue weighted by Gasteiger charge is -2.32. The smallest absolute Gasteiger partial charge is 0.243 e. The van der Waals surface area contributed by atoms with Crippen molar-refractivity contribution >= 4 is 20.0 Å². The molecule has 29 heavy (non-hydrogen) atoms. The summed E-state index contributed by atoms with van der Waals surface area (Å²) in [5, 5.41) is 3.12. The highest BCUT2D eigenvalue weighted by atomic mass is 32.2. The van der Waals surface area contributed by atoms with Crippen LogP contribution in [0.1, 0.15) is 38.5 Å². The molecule has 0 aromatic heterocycles. The lowest BCUT2D eigenvalue weighted by Crippen LogP contribution is -2.49. The van der Waals surface area contributed by atoms with Gasteiger partial charge < -0.3 is 5.32 Å². The second kappa shape index (κ2) is 9.82. The summed E-state index contributed by atoms with van der Waals surface area (Å²) in [4.78, 5) is 0.00252. The Morgan fingerprint density at radius 1 is 0.966 bits per heavy atom. The molecule has 1 aromatic rings. The van der Waals surface area contributed by atoms with Crippen LogP contribution in [0.15, 0.2) is 29.2 Å². The van der Waals surface area contributed by atoms with E-state index in [0.29, 0.717) is 39.0 Å². The van der Waals surface area contributed by atoms with Gasteiger partial charge in [-0.05, 0) is 37.1 Å². The van der Waals surface area contributed by atoms with Gasteiger partial charge in [0.05, 0.1) is 10.6 Å². The summed E-state index contributed by atoms with van der Waals surface area (Å²) in [6.45, 7) is 1.91. The van der Waals surface area contributed by atoms with Crippen LogP contribution in [-0.2, 0) is 20.0 Å². The van der Waals surface area contributed by atoms with Gasteiger partial charge in [0, 0.05) is 38.8 Å². The van der Waals surface area contributed by atoms with Gasteiger partial charge in [0.25, 0.3) is 0 Å². The summed E-state index contributed by atoms with van der Waals surface area (Å²) < 4.78 is 68.3. The van der Waals surface area contributed by atoms with Crippen LogP contribution in [0.5, 0.6) is 0 Å². The number of hydrogen-bond donors (Lipinski definition) is 1. The van der Waals surface area contributed by atoms with Crippen molar-refractivity contribution < 1.29 is 21.2 Å². The number of nitrogens with one attached hydrogen (secondary N) is 1. The molecule has 0 radical (unpaired) electrons. The summed E-state index contributed by atoms with van der Waals surface area (Å²) in [6, 6.07) is 4.51. The lowest BCUT2D eigenvalue weighted by molar-refractivity contribution is 0.300. The zero-order chi connectivity index (χ0) is 20.9. The molecule has 1 heterocycles. The van der Waals surface area contributed by atoms with Gasteiger partial charge in [-0.3, -0.25) is 0 Å². The Kier molecular flexibility index (Phi) is 7.66. The SMILES string of the molecule is O=S(=O)(CCN(C1CCCCCC1)S(=O)(=O)c1ccc(F)cc1)N1CCNCC1. The Morgan fingerprint density at radius 3 is 2.14 bits per heavy atom. The minimum atomic E-state index is -3.92. The van der Waals surface area contributed by atoms with Crippen LogP contribution in [0.4, 0.5) is 4.39 Å². The first-order valence-electron chi connectivity index (χ1n) is 10.3. The molecule has 0 spiro atoms. The summed E-state index contributed by atoms with van der Waals surface area (Å²) >= 11 is 0. The number of hydrogen-bond acceptors (Lipinski definition) is 5. The molecule has 164 valence electrons. The zero-order valence-electron chi connectivity index (χ0n) is 16.6. The maximum absolute atomic E-state index is 13.3. The third-order valence-corrected chi connectivity index (χ3v) is 9.51. The fourth-order valence-electron chi connectivity index (χ4n) is 4.04. The maximum atomic E-state index is 13.3. The molecular weight excluding hydrogens is 417 g/mol. The molecular formula is C19H30FN3O4S2. The number of benzene rings is 1. The predicted molar refractivity (Wildman–Crippen MR) is 110 cm³/mol. The van der Waals surface area contributed by atoms with Gasteiger partial charge in [0.1, 0.15) is 5.82 Å². The van der Waals surface area contributed by atoms with Gasteiger partial charge >= 0.3 is 0 Å². The van der Waals surface area contributed by atoms with Crippen LogP contribution in [0, 0.1) is 5.82 Å². The fraction of sp³-hybridized carbons (Fsp3) is 0.684. The third-order valence-electron chi connectivity index (χ3n) is 5.69. The second-order valence-corrected chi connectivity index (χ2v) is 11.7. The van der Waals surface area contributed by atoms with Crippen molar-refractivity contribution in [1.29, 1.82) is 0 Å². The number of rotatable bonds is 7. The van der Waals surface area contributed by atoms with Gasteiger partial charge in [-0.25, -0.2) is 21.2 Å². The van der Waals surface area contributed by atoms with Crippen molar-refractivity contribution in [3.8, 4) is 0 Å². The lowest BCUT2D eigenvalue weighted by atomic mass is 10.1. The van der Waals surface area contributed by atoms with E-state index in [1.54, 1.807) is 0 Å². The van der Waals surface area contributed by atoms with Crippen molar-refractivity contribution in [2.24, 2.45) is 0 Å². The molecule has 0 unspecified atom stereocenters. The van der Waals surface area contributed by atoms with E-state index < -0.39 is 25.9 Å².